The molecule has 0 aromatic heterocycles. The molecule has 0 amide bonds. The summed E-state index contributed by atoms with van der Waals surface area (Å²) in [5, 5.41) is 21.9. The van der Waals surface area contributed by atoms with E-state index in [1.165, 1.54) is 25.1 Å². The van der Waals surface area contributed by atoms with Crippen molar-refractivity contribution in [1.29, 1.82) is 0 Å². The van der Waals surface area contributed by atoms with E-state index in [0.29, 0.717) is 5.06 Å². The van der Waals surface area contributed by atoms with Gasteiger partial charge >= 0.3 is 0 Å². The van der Waals surface area contributed by atoms with Gasteiger partial charge in [0.1, 0.15) is 10.8 Å². The molecule has 1 atom stereocenters. The number of allylic oxidation sites excluding steroid dienone is 5. The topological polar surface area (TPSA) is 98.8 Å². The summed E-state index contributed by atoms with van der Waals surface area (Å²) in [6.07, 6.45) is 2.58. The van der Waals surface area contributed by atoms with Crippen molar-refractivity contribution in [3.05, 3.63) is 60.5 Å². The Morgan fingerprint density at radius 3 is 2.59 bits per heavy atom. The predicted octanol–water partition coefficient (Wildman–Crippen LogP) is 3.66. The molecule has 5 N–H and O–H groups in total. The van der Waals surface area contributed by atoms with Gasteiger partial charge in [-0.2, -0.15) is 0 Å². The molecule has 0 aliphatic carbocycles. The molecule has 32 heavy (non-hydrogen) atoms. The smallest absolute Gasteiger partial charge is 0.288 e. The number of thiocarbonyl (C=S) groups is 1. The number of nitrogen functional groups attached to an aromatic ring is 1. The van der Waals surface area contributed by atoms with Crippen LogP contribution < -0.4 is 16.1 Å². The van der Waals surface area contributed by atoms with Crippen molar-refractivity contribution in [3.8, 4) is 11.8 Å². The third kappa shape index (κ3) is 12.5. The van der Waals surface area contributed by atoms with E-state index in [1.54, 1.807) is 25.2 Å². The maximum Gasteiger partial charge on any atom is 0.288 e. The molecule has 1 aromatic carbocycles. The van der Waals surface area contributed by atoms with Crippen molar-refractivity contribution in [2.75, 3.05) is 23.9 Å². The summed E-state index contributed by atoms with van der Waals surface area (Å²) >= 11 is 4.32. The average molecular weight is 472 g/mol. The maximum atomic E-state index is 13.2. The number of nitrogens with zero attached hydrogens (tertiary/aromatic N) is 1. The normalized spacial score (nSPS) is 11.7. The number of benzene rings is 1. The minimum Gasteiger partial charge on any atom is -0.396 e. The molecular weight excluding hydrogens is 443 g/mol. The quantitative estimate of drug-likeness (QED) is 0.109. The standard InChI is InChI=1S/C11H14F3N3O2S.C11H12O.H2/c12-8-3-6(1-2-9(8)15)17(19)5-7(18)4-16-11(20)10(13)14;1-4-6-11(7-5-2)9-8-10(3)12;/h1-3,7,10,18-19H,4-5,15H2,(H,16,20);4,6,8-9H,1H2,2-3H3;1H/b;9-8-,11-6-;/t7-;;/m0../s1. The van der Waals surface area contributed by atoms with Gasteiger partial charge in [-0.1, -0.05) is 30.8 Å². The predicted molar refractivity (Wildman–Crippen MR) is 126 cm³/mol. The summed E-state index contributed by atoms with van der Waals surface area (Å²) in [6.45, 7) is 6.21. The van der Waals surface area contributed by atoms with Gasteiger partial charge in [0.2, 0.25) is 0 Å². The number of aliphatic hydroxyl groups is 1. The van der Waals surface area contributed by atoms with Gasteiger partial charge < -0.3 is 16.2 Å². The Morgan fingerprint density at radius 2 is 2.09 bits per heavy atom. The number of ketones is 1. The Kier molecular flexibility index (Phi) is 14.1. The summed E-state index contributed by atoms with van der Waals surface area (Å²) in [5.41, 5.74) is 6.07. The van der Waals surface area contributed by atoms with Crippen LogP contribution in [0.2, 0.25) is 0 Å². The Bertz CT molecular complexity index is 915. The number of alkyl halides is 2. The summed E-state index contributed by atoms with van der Waals surface area (Å²) in [4.78, 5) is 9.88. The average Bonchev–Trinajstić information content (AvgIpc) is 2.72. The zero-order valence-corrected chi connectivity index (χ0v) is 18.5. The number of hydroxylamine groups is 1. The number of carbonyl (C=O) groups is 1. The Balaban J connectivity index is 0. The molecule has 0 fully saturated rings. The molecule has 0 aliphatic rings. The van der Waals surface area contributed by atoms with Gasteiger partial charge in [0.05, 0.1) is 24.0 Å². The minimum atomic E-state index is -2.81. The molecule has 0 saturated heterocycles. The number of nitrogens with two attached hydrogens (primary N) is 1. The number of nitrogens with one attached hydrogen (secondary N) is 1. The monoisotopic (exact) mass is 471 g/mol. The number of carbonyl (C=O) groups excluding carboxylic acids is 1. The van der Waals surface area contributed by atoms with Crippen LogP contribution in [0.15, 0.2) is 54.7 Å². The summed E-state index contributed by atoms with van der Waals surface area (Å²) in [6, 6.07) is 3.59. The van der Waals surface area contributed by atoms with Gasteiger partial charge in [-0.05, 0) is 44.2 Å². The fraction of sp³-hybridized carbons (Fsp3) is 0.273. The number of anilines is 2. The Labute approximate surface area is 192 Å². The van der Waals surface area contributed by atoms with Gasteiger partial charge in [-0.25, -0.2) is 13.2 Å². The number of hydrogen-bond donors (Lipinski definition) is 4. The molecule has 6 nitrogen and oxygen atoms in total. The molecule has 10 heteroatoms. The molecule has 0 unspecified atom stereocenters. The zero-order chi connectivity index (χ0) is 24.7. The second kappa shape index (κ2) is 15.6. The van der Waals surface area contributed by atoms with Crippen LogP contribution in [-0.2, 0) is 4.79 Å². The van der Waals surface area contributed by atoms with Crippen LogP contribution in [0.1, 0.15) is 15.3 Å². The molecule has 0 heterocycles. The number of hydrogen-bond acceptors (Lipinski definition) is 6. The van der Waals surface area contributed by atoms with Crippen LogP contribution in [0.25, 0.3) is 0 Å². The Morgan fingerprint density at radius 1 is 1.44 bits per heavy atom. The van der Waals surface area contributed by atoms with E-state index < -0.39 is 23.3 Å². The highest BCUT2D eigenvalue weighted by Gasteiger charge is 2.15. The van der Waals surface area contributed by atoms with Crippen LogP contribution in [0.5, 0.6) is 0 Å². The van der Waals surface area contributed by atoms with Gasteiger partial charge in [0, 0.05) is 19.6 Å². The third-order valence-electron chi connectivity index (χ3n) is 3.44. The lowest BCUT2D eigenvalue weighted by Crippen LogP contribution is -2.40. The van der Waals surface area contributed by atoms with Crippen LogP contribution in [-0.4, -0.2) is 46.7 Å². The SMILES string of the molecule is C=C/C=C(C#CC)\C=C/C(C)=O.Nc1ccc(N(O)C[C@@H](O)CNC(=S)C(F)F)cc1F.[HH]. The number of halogens is 3. The zero-order valence-electron chi connectivity index (χ0n) is 17.7. The number of aliphatic hydroxyl groups excluding tert-OH is 1. The summed E-state index contributed by atoms with van der Waals surface area (Å²) in [5.74, 6) is 4.89. The molecule has 0 radical (unpaired) electrons. The lowest BCUT2D eigenvalue weighted by Gasteiger charge is -2.21. The first kappa shape index (κ1) is 28.9. The summed E-state index contributed by atoms with van der Waals surface area (Å²) in [7, 11) is 0. The lowest BCUT2D eigenvalue weighted by atomic mass is 10.2. The summed E-state index contributed by atoms with van der Waals surface area (Å²) < 4.78 is 37.4. The van der Waals surface area contributed by atoms with Crippen molar-refractivity contribution in [2.24, 2.45) is 0 Å². The van der Waals surface area contributed by atoms with Crippen molar-refractivity contribution in [1.82, 2.24) is 5.32 Å². The maximum absolute atomic E-state index is 13.2. The van der Waals surface area contributed by atoms with Crippen LogP contribution in [0, 0.1) is 17.7 Å². The van der Waals surface area contributed by atoms with Crippen LogP contribution in [0.4, 0.5) is 24.5 Å². The van der Waals surface area contributed by atoms with E-state index in [0.717, 1.165) is 11.6 Å². The fourth-order valence-corrected chi connectivity index (χ4v) is 2.04. The molecule has 0 bridgehead atoms. The van der Waals surface area contributed by atoms with Gasteiger partial charge in [-0.15, -0.1) is 5.92 Å². The second-order valence-electron chi connectivity index (χ2n) is 6.16. The molecular formula is C22H28F3N3O3S. The number of rotatable bonds is 9. The van der Waals surface area contributed by atoms with Crippen LogP contribution in [0.3, 0.4) is 0 Å². The molecule has 1 rings (SSSR count). The highest BCUT2D eigenvalue weighted by molar-refractivity contribution is 7.80. The fourth-order valence-electron chi connectivity index (χ4n) is 1.96. The van der Waals surface area contributed by atoms with E-state index >= 15 is 0 Å². The van der Waals surface area contributed by atoms with Crippen molar-refractivity contribution >= 4 is 34.4 Å². The first-order valence-corrected chi connectivity index (χ1v) is 9.62. The van der Waals surface area contributed by atoms with E-state index in [4.69, 9.17) is 5.73 Å². The van der Waals surface area contributed by atoms with E-state index in [9.17, 15) is 28.3 Å². The highest BCUT2D eigenvalue weighted by Crippen LogP contribution is 2.18. The van der Waals surface area contributed by atoms with Gasteiger partial charge in [0.25, 0.3) is 6.43 Å². The first-order chi connectivity index (χ1) is 15.0. The minimum absolute atomic E-state index is 0. The molecule has 0 aliphatic heterocycles. The molecule has 0 saturated carbocycles. The van der Waals surface area contributed by atoms with E-state index in [2.05, 4.69) is 36.0 Å². The highest BCUT2D eigenvalue weighted by atomic mass is 32.1. The van der Waals surface area contributed by atoms with Gasteiger partial charge in [-0.3, -0.25) is 15.1 Å². The van der Waals surface area contributed by atoms with Crippen molar-refractivity contribution in [3.63, 3.8) is 0 Å². The molecule has 1 aromatic rings. The largest absolute Gasteiger partial charge is 0.396 e. The Hall–Kier alpha value is -3.13. The molecule has 176 valence electrons. The van der Waals surface area contributed by atoms with Crippen LogP contribution >= 0.6 is 12.2 Å². The van der Waals surface area contributed by atoms with Crippen molar-refractivity contribution in [2.45, 2.75) is 26.4 Å². The van der Waals surface area contributed by atoms with Crippen molar-refractivity contribution < 1.29 is 29.7 Å². The van der Waals surface area contributed by atoms with E-state index in [1.807, 2.05) is 0 Å². The van der Waals surface area contributed by atoms with E-state index in [-0.39, 0.29) is 31.7 Å². The second-order valence-corrected chi connectivity index (χ2v) is 6.60. The van der Waals surface area contributed by atoms with Gasteiger partial charge in [0.15, 0.2) is 5.78 Å². The lowest BCUT2D eigenvalue weighted by molar-refractivity contribution is -0.112. The third-order valence-corrected chi connectivity index (χ3v) is 3.76. The molecule has 0 spiro atoms. The first-order valence-electron chi connectivity index (χ1n) is 9.21.